The van der Waals surface area contributed by atoms with Gasteiger partial charge in [0.2, 0.25) is 0 Å². The van der Waals surface area contributed by atoms with Crippen molar-refractivity contribution < 1.29 is 4.74 Å². The van der Waals surface area contributed by atoms with Crippen LogP contribution >= 0.6 is 15.9 Å². The van der Waals surface area contributed by atoms with E-state index in [0.717, 1.165) is 21.5 Å². The van der Waals surface area contributed by atoms with Crippen molar-refractivity contribution in [1.29, 1.82) is 0 Å². The third kappa shape index (κ3) is 3.84. The molecule has 0 radical (unpaired) electrons. The molecule has 0 bridgehead atoms. The number of benzene rings is 1. The van der Waals surface area contributed by atoms with Crippen LogP contribution in [0.25, 0.3) is 0 Å². The summed E-state index contributed by atoms with van der Waals surface area (Å²) in [5.74, 6) is 6.53. The Morgan fingerprint density at radius 2 is 2.14 bits per heavy atom. The molecule has 0 aliphatic carbocycles. The standard InChI is InChI=1S/C15H21BrN4O/c1-10(2)20-7-6-12(19-20)9-14(18-17)13-5-4-11(16)8-15(13)21-3/h4-8,10,14,18H,9,17H2,1-3H3. The zero-order valence-corrected chi connectivity index (χ0v) is 14.1. The van der Waals surface area contributed by atoms with Crippen molar-refractivity contribution >= 4 is 15.9 Å². The Morgan fingerprint density at radius 1 is 1.38 bits per heavy atom. The van der Waals surface area contributed by atoms with Crippen molar-refractivity contribution in [1.82, 2.24) is 15.2 Å². The molecule has 1 heterocycles. The van der Waals surface area contributed by atoms with Gasteiger partial charge in [0.15, 0.2) is 0 Å². The largest absolute Gasteiger partial charge is 0.496 e. The lowest BCUT2D eigenvalue weighted by atomic mass is 10.0. The van der Waals surface area contributed by atoms with Gasteiger partial charge in [-0.25, -0.2) is 0 Å². The van der Waals surface area contributed by atoms with E-state index >= 15 is 0 Å². The number of hydrogen-bond donors (Lipinski definition) is 2. The summed E-state index contributed by atoms with van der Waals surface area (Å²) in [6, 6.07) is 8.25. The highest BCUT2D eigenvalue weighted by Crippen LogP contribution is 2.30. The molecule has 1 aromatic heterocycles. The molecular weight excluding hydrogens is 332 g/mol. The molecule has 0 saturated carbocycles. The maximum atomic E-state index is 5.73. The normalized spacial score (nSPS) is 12.7. The molecule has 5 nitrogen and oxygen atoms in total. The number of halogens is 1. The summed E-state index contributed by atoms with van der Waals surface area (Å²) in [5, 5.41) is 4.57. The minimum Gasteiger partial charge on any atom is -0.496 e. The van der Waals surface area contributed by atoms with Crippen molar-refractivity contribution in [3.05, 3.63) is 46.2 Å². The molecule has 0 saturated heterocycles. The summed E-state index contributed by atoms with van der Waals surface area (Å²) in [6.07, 6.45) is 2.70. The van der Waals surface area contributed by atoms with Gasteiger partial charge in [0.25, 0.3) is 0 Å². The van der Waals surface area contributed by atoms with E-state index < -0.39 is 0 Å². The van der Waals surface area contributed by atoms with E-state index in [1.165, 1.54) is 0 Å². The van der Waals surface area contributed by atoms with Crippen LogP contribution in [0.4, 0.5) is 0 Å². The van der Waals surface area contributed by atoms with Crippen LogP contribution in [0, 0.1) is 0 Å². The van der Waals surface area contributed by atoms with Crippen LogP contribution < -0.4 is 16.0 Å². The van der Waals surface area contributed by atoms with Gasteiger partial charge in [-0.05, 0) is 32.0 Å². The fourth-order valence-electron chi connectivity index (χ4n) is 2.21. The summed E-state index contributed by atoms with van der Waals surface area (Å²) in [7, 11) is 1.66. The topological polar surface area (TPSA) is 65.1 Å². The SMILES string of the molecule is COc1cc(Br)ccc1C(Cc1ccn(C(C)C)n1)NN. The van der Waals surface area contributed by atoms with E-state index in [4.69, 9.17) is 10.6 Å². The summed E-state index contributed by atoms with van der Waals surface area (Å²) < 4.78 is 8.36. The van der Waals surface area contributed by atoms with Crippen LogP contribution in [0.15, 0.2) is 34.9 Å². The number of rotatable bonds is 6. The molecule has 0 amide bonds. The molecule has 114 valence electrons. The van der Waals surface area contributed by atoms with Crippen molar-refractivity contribution in [2.75, 3.05) is 7.11 Å². The van der Waals surface area contributed by atoms with Gasteiger partial charge in [0.05, 0.1) is 18.8 Å². The van der Waals surface area contributed by atoms with Gasteiger partial charge in [-0.1, -0.05) is 22.0 Å². The number of aromatic nitrogens is 2. The van der Waals surface area contributed by atoms with Crippen LogP contribution in [0.1, 0.15) is 37.2 Å². The number of ether oxygens (including phenoxy) is 1. The van der Waals surface area contributed by atoms with Crippen molar-refractivity contribution in [2.24, 2.45) is 5.84 Å². The molecule has 6 heteroatoms. The summed E-state index contributed by atoms with van der Waals surface area (Å²) in [4.78, 5) is 0. The average molecular weight is 353 g/mol. The Morgan fingerprint density at radius 3 is 2.71 bits per heavy atom. The quantitative estimate of drug-likeness (QED) is 0.619. The molecule has 2 aromatic rings. The lowest BCUT2D eigenvalue weighted by molar-refractivity contribution is 0.398. The zero-order chi connectivity index (χ0) is 15.4. The Hall–Kier alpha value is -1.37. The van der Waals surface area contributed by atoms with Crippen LogP contribution in [0.2, 0.25) is 0 Å². The van der Waals surface area contributed by atoms with Gasteiger partial charge in [0.1, 0.15) is 5.75 Å². The summed E-state index contributed by atoms with van der Waals surface area (Å²) >= 11 is 3.45. The van der Waals surface area contributed by atoms with Crippen LogP contribution in [0.5, 0.6) is 5.75 Å². The molecule has 1 aromatic carbocycles. The highest BCUT2D eigenvalue weighted by molar-refractivity contribution is 9.10. The number of nitrogens with one attached hydrogen (secondary N) is 1. The summed E-state index contributed by atoms with van der Waals surface area (Å²) in [6.45, 7) is 4.21. The van der Waals surface area contributed by atoms with Crippen LogP contribution in [-0.4, -0.2) is 16.9 Å². The first kappa shape index (κ1) is 16.0. The maximum absolute atomic E-state index is 5.73. The average Bonchev–Trinajstić information content (AvgIpc) is 2.93. The molecular formula is C15H21BrN4O. The van der Waals surface area contributed by atoms with E-state index in [2.05, 4.69) is 40.3 Å². The van der Waals surface area contributed by atoms with Crippen molar-refractivity contribution in [2.45, 2.75) is 32.4 Å². The highest BCUT2D eigenvalue weighted by atomic mass is 79.9. The second-order valence-electron chi connectivity index (χ2n) is 5.19. The number of hydrazine groups is 1. The Balaban J connectivity index is 2.23. The second kappa shape index (κ2) is 7.06. The van der Waals surface area contributed by atoms with E-state index in [1.54, 1.807) is 7.11 Å². The predicted octanol–water partition coefficient (Wildman–Crippen LogP) is 2.98. The van der Waals surface area contributed by atoms with E-state index in [-0.39, 0.29) is 6.04 Å². The van der Waals surface area contributed by atoms with Gasteiger partial charge in [-0.3, -0.25) is 16.0 Å². The Bertz CT molecular complexity index is 597. The summed E-state index contributed by atoms with van der Waals surface area (Å²) in [5.41, 5.74) is 4.87. The lowest BCUT2D eigenvalue weighted by Gasteiger charge is -2.18. The molecule has 0 aliphatic rings. The van der Waals surface area contributed by atoms with Gasteiger partial charge in [-0.15, -0.1) is 0 Å². The van der Waals surface area contributed by atoms with E-state index in [0.29, 0.717) is 12.5 Å². The molecule has 0 spiro atoms. The number of hydrogen-bond acceptors (Lipinski definition) is 4. The Labute approximate surface area is 133 Å². The van der Waals surface area contributed by atoms with Gasteiger partial charge < -0.3 is 4.74 Å². The van der Waals surface area contributed by atoms with E-state index in [1.807, 2.05) is 35.1 Å². The third-order valence-electron chi connectivity index (χ3n) is 3.38. The highest BCUT2D eigenvalue weighted by Gasteiger charge is 2.17. The number of nitrogens with zero attached hydrogens (tertiary/aromatic N) is 2. The fourth-order valence-corrected chi connectivity index (χ4v) is 2.55. The first-order valence-electron chi connectivity index (χ1n) is 6.88. The Kier molecular flexibility index (Phi) is 5.39. The van der Waals surface area contributed by atoms with Gasteiger partial charge >= 0.3 is 0 Å². The van der Waals surface area contributed by atoms with Gasteiger partial charge in [0, 0.05) is 28.7 Å². The first-order chi connectivity index (χ1) is 10.0. The molecule has 2 rings (SSSR count). The van der Waals surface area contributed by atoms with E-state index in [9.17, 15) is 0 Å². The van der Waals surface area contributed by atoms with Gasteiger partial charge in [-0.2, -0.15) is 5.10 Å². The maximum Gasteiger partial charge on any atom is 0.124 e. The number of methoxy groups -OCH3 is 1. The second-order valence-corrected chi connectivity index (χ2v) is 6.11. The number of nitrogens with two attached hydrogens (primary N) is 1. The fraction of sp³-hybridized carbons (Fsp3) is 0.400. The van der Waals surface area contributed by atoms with Crippen molar-refractivity contribution in [3.63, 3.8) is 0 Å². The minimum absolute atomic E-state index is 0.0523. The molecule has 0 aliphatic heterocycles. The zero-order valence-electron chi connectivity index (χ0n) is 12.5. The third-order valence-corrected chi connectivity index (χ3v) is 3.87. The molecule has 3 N–H and O–H groups in total. The molecule has 0 fully saturated rings. The molecule has 21 heavy (non-hydrogen) atoms. The molecule has 1 atom stereocenters. The minimum atomic E-state index is -0.0523. The molecule has 1 unspecified atom stereocenters. The smallest absolute Gasteiger partial charge is 0.124 e. The predicted molar refractivity (Wildman–Crippen MR) is 87.1 cm³/mol. The van der Waals surface area contributed by atoms with Crippen molar-refractivity contribution in [3.8, 4) is 5.75 Å². The van der Waals surface area contributed by atoms with Crippen LogP contribution in [0.3, 0.4) is 0 Å². The monoisotopic (exact) mass is 352 g/mol. The van der Waals surface area contributed by atoms with Crippen LogP contribution in [-0.2, 0) is 6.42 Å². The lowest BCUT2D eigenvalue weighted by Crippen LogP contribution is -2.30. The first-order valence-corrected chi connectivity index (χ1v) is 7.68.